The molecular weight excluding hydrogens is 200 g/mol. The summed E-state index contributed by atoms with van der Waals surface area (Å²) in [7, 11) is 1.89. The Labute approximate surface area is 99.6 Å². The molecule has 1 N–H and O–H groups in total. The summed E-state index contributed by atoms with van der Waals surface area (Å²) in [5.41, 5.74) is 0. The van der Waals surface area contributed by atoms with Gasteiger partial charge in [0.05, 0.1) is 6.04 Å². The third-order valence-electron chi connectivity index (χ3n) is 3.27. The highest BCUT2D eigenvalue weighted by Crippen LogP contribution is 2.13. The van der Waals surface area contributed by atoms with Crippen LogP contribution < -0.4 is 5.32 Å². The van der Waals surface area contributed by atoms with Gasteiger partial charge < -0.3 is 10.2 Å². The maximum atomic E-state index is 12.3. The van der Waals surface area contributed by atoms with Crippen LogP contribution in [0.2, 0.25) is 0 Å². The van der Waals surface area contributed by atoms with Crippen LogP contribution in [0.4, 0.5) is 0 Å². The Balaban J connectivity index is 2.51. The molecule has 1 heterocycles. The number of likely N-dealkylation sites (N-methyl/N-ethyl adjacent to an activating group) is 1. The molecule has 3 nitrogen and oxygen atoms in total. The van der Waals surface area contributed by atoms with Gasteiger partial charge in [-0.15, -0.1) is 0 Å². The largest absolute Gasteiger partial charge is 0.341 e. The molecule has 0 aromatic heterocycles. The van der Waals surface area contributed by atoms with Gasteiger partial charge in [0.1, 0.15) is 0 Å². The smallest absolute Gasteiger partial charge is 0.239 e. The molecule has 16 heavy (non-hydrogen) atoms. The second-order valence-corrected chi connectivity index (χ2v) is 5.21. The molecule has 1 aliphatic heterocycles. The van der Waals surface area contributed by atoms with E-state index in [4.69, 9.17) is 0 Å². The van der Waals surface area contributed by atoms with Crippen LogP contribution in [0.1, 0.15) is 46.0 Å². The standard InChI is InChI=1S/C13H26N2O/c1-11(2)10-12(14-3)13(16)15-8-6-4-5-7-9-15/h11-12,14H,4-10H2,1-3H3. The summed E-state index contributed by atoms with van der Waals surface area (Å²) >= 11 is 0. The van der Waals surface area contributed by atoms with E-state index in [-0.39, 0.29) is 6.04 Å². The average molecular weight is 226 g/mol. The Morgan fingerprint density at radius 2 is 1.75 bits per heavy atom. The van der Waals surface area contributed by atoms with Gasteiger partial charge in [-0.05, 0) is 32.2 Å². The van der Waals surface area contributed by atoms with Crippen LogP contribution in [-0.2, 0) is 4.79 Å². The molecule has 1 fully saturated rings. The molecule has 94 valence electrons. The molecule has 3 heteroatoms. The Morgan fingerprint density at radius 3 is 2.19 bits per heavy atom. The summed E-state index contributed by atoms with van der Waals surface area (Å²) in [6, 6.07) is 0.0121. The van der Waals surface area contributed by atoms with E-state index in [2.05, 4.69) is 24.1 Å². The van der Waals surface area contributed by atoms with Crippen molar-refractivity contribution in [1.29, 1.82) is 0 Å². The molecule has 1 aliphatic rings. The van der Waals surface area contributed by atoms with Gasteiger partial charge in [-0.25, -0.2) is 0 Å². The average Bonchev–Trinajstić information content (AvgIpc) is 2.53. The van der Waals surface area contributed by atoms with Crippen molar-refractivity contribution in [3.63, 3.8) is 0 Å². The molecule has 1 amide bonds. The Hall–Kier alpha value is -0.570. The second kappa shape index (κ2) is 6.89. The minimum absolute atomic E-state index is 0.0121. The zero-order valence-corrected chi connectivity index (χ0v) is 11.0. The van der Waals surface area contributed by atoms with Crippen LogP contribution in [0.3, 0.4) is 0 Å². The van der Waals surface area contributed by atoms with Crippen molar-refractivity contribution in [2.45, 2.75) is 52.0 Å². The molecule has 0 aliphatic carbocycles. The predicted octanol–water partition coefficient (Wildman–Crippen LogP) is 2.02. The van der Waals surface area contributed by atoms with Crippen LogP contribution >= 0.6 is 0 Å². The Morgan fingerprint density at radius 1 is 1.19 bits per heavy atom. The van der Waals surface area contributed by atoms with Gasteiger partial charge in [0.15, 0.2) is 0 Å². The molecule has 0 bridgehead atoms. The summed E-state index contributed by atoms with van der Waals surface area (Å²) in [4.78, 5) is 14.3. The lowest BCUT2D eigenvalue weighted by molar-refractivity contribution is -0.133. The van der Waals surface area contributed by atoms with Crippen molar-refractivity contribution in [3.8, 4) is 0 Å². The highest BCUT2D eigenvalue weighted by Gasteiger charge is 2.23. The second-order valence-electron chi connectivity index (χ2n) is 5.21. The van der Waals surface area contributed by atoms with Gasteiger partial charge in [0.25, 0.3) is 0 Å². The zero-order valence-electron chi connectivity index (χ0n) is 11.0. The van der Waals surface area contributed by atoms with E-state index >= 15 is 0 Å². The minimum Gasteiger partial charge on any atom is -0.341 e. The van der Waals surface area contributed by atoms with Gasteiger partial charge in [-0.2, -0.15) is 0 Å². The Kier molecular flexibility index (Phi) is 5.81. The first-order valence-electron chi connectivity index (χ1n) is 6.61. The first kappa shape index (κ1) is 13.5. The molecular formula is C13H26N2O. The van der Waals surface area contributed by atoms with Gasteiger partial charge in [-0.1, -0.05) is 26.7 Å². The van der Waals surface area contributed by atoms with E-state index in [1.807, 2.05) is 7.05 Å². The lowest BCUT2D eigenvalue weighted by atomic mass is 10.0. The molecule has 0 aromatic carbocycles. The van der Waals surface area contributed by atoms with Crippen molar-refractivity contribution in [1.82, 2.24) is 10.2 Å². The zero-order chi connectivity index (χ0) is 12.0. The number of carbonyl (C=O) groups is 1. The summed E-state index contributed by atoms with van der Waals surface area (Å²) in [5, 5.41) is 3.16. The van der Waals surface area contributed by atoms with Gasteiger partial charge in [0, 0.05) is 13.1 Å². The first-order chi connectivity index (χ1) is 7.65. The van der Waals surface area contributed by atoms with Crippen molar-refractivity contribution in [2.24, 2.45) is 5.92 Å². The fraction of sp³-hybridized carbons (Fsp3) is 0.923. The summed E-state index contributed by atoms with van der Waals surface area (Å²) < 4.78 is 0. The number of nitrogens with zero attached hydrogens (tertiary/aromatic N) is 1. The van der Waals surface area contributed by atoms with E-state index < -0.39 is 0 Å². The van der Waals surface area contributed by atoms with Crippen LogP contribution in [0, 0.1) is 5.92 Å². The van der Waals surface area contributed by atoms with E-state index in [1.54, 1.807) is 0 Å². The molecule has 1 unspecified atom stereocenters. The lowest BCUT2D eigenvalue weighted by Gasteiger charge is -2.26. The number of amides is 1. The van der Waals surface area contributed by atoms with E-state index in [0.29, 0.717) is 11.8 Å². The number of likely N-dealkylation sites (tertiary alicyclic amines) is 1. The van der Waals surface area contributed by atoms with Crippen LogP contribution in [0.15, 0.2) is 0 Å². The monoisotopic (exact) mass is 226 g/mol. The van der Waals surface area contributed by atoms with Crippen molar-refractivity contribution < 1.29 is 4.79 Å². The molecule has 0 spiro atoms. The summed E-state index contributed by atoms with van der Waals surface area (Å²) in [5.74, 6) is 0.867. The molecule has 0 radical (unpaired) electrons. The van der Waals surface area contributed by atoms with Crippen LogP contribution in [0.5, 0.6) is 0 Å². The first-order valence-corrected chi connectivity index (χ1v) is 6.61. The van der Waals surface area contributed by atoms with Crippen molar-refractivity contribution in [3.05, 3.63) is 0 Å². The number of hydrogen-bond donors (Lipinski definition) is 1. The predicted molar refractivity (Wildman–Crippen MR) is 67.4 cm³/mol. The normalized spacial score (nSPS) is 19.6. The summed E-state index contributed by atoms with van der Waals surface area (Å²) in [6.07, 6.45) is 5.83. The molecule has 1 atom stereocenters. The van der Waals surface area contributed by atoms with E-state index in [9.17, 15) is 4.79 Å². The number of carbonyl (C=O) groups excluding carboxylic acids is 1. The van der Waals surface area contributed by atoms with E-state index in [1.165, 1.54) is 25.7 Å². The SMILES string of the molecule is CNC(CC(C)C)C(=O)N1CCCCCC1. The lowest BCUT2D eigenvalue weighted by Crippen LogP contribution is -2.46. The molecule has 1 saturated heterocycles. The van der Waals surface area contributed by atoms with Crippen LogP contribution in [0.25, 0.3) is 0 Å². The topological polar surface area (TPSA) is 32.3 Å². The third-order valence-corrected chi connectivity index (χ3v) is 3.27. The minimum atomic E-state index is 0.0121. The highest BCUT2D eigenvalue weighted by atomic mass is 16.2. The summed E-state index contributed by atoms with van der Waals surface area (Å²) in [6.45, 7) is 6.24. The number of rotatable bonds is 4. The number of hydrogen-bond acceptors (Lipinski definition) is 2. The van der Waals surface area contributed by atoms with Gasteiger partial charge >= 0.3 is 0 Å². The molecule has 0 aromatic rings. The Bertz CT molecular complexity index is 204. The maximum absolute atomic E-state index is 12.3. The molecule has 0 saturated carbocycles. The number of nitrogens with one attached hydrogen (secondary N) is 1. The van der Waals surface area contributed by atoms with Crippen molar-refractivity contribution >= 4 is 5.91 Å². The van der Waals surface area contributed by atoms with Gasteiger partial charge in [-0.3, -0.25) is 4.79 Å². The quantitative estimate of drug-likeness (QED) is 0.795. The fourth-order valence-electron chi connectivity index (χ4n) is 2.33. The fourth-order valence-corrected chi connectivity index (χ4v) is 2.33. The van der Waals surface area contributed by atoms with E-state index in [0.717, 1.165) is 19.5 Å². The van der Waals surface area contributed by atoms with Crippen LogP contribution in [-0.4, -0.2) is 37.0 Å². The van der Waals surface area contributed by atoms with Gasteiger partial charge in [0.2, 0.25) is 5.91 Å². The maximum Gasteiger partial charge on any atom is 0.239 e. The third kappa shape index (κ3) is 4.12. The van der Waals surface area contributed by atoms with Crippen molar-refractivity contribution in [2.75, 3.05) is 20.1 Å². The highest BCUT2D eigenvalue weighted by molar-refractivity contribution is 5.81. The molecule has 1 rings (SSSR count).